The van der Waals surface area contributed by atoms with Gasteiger partial charge in [-0.25, -0.2) is 4.68 Å². The molecule has 4 heterocycles. The van der Waals surface area contributed by atoms with E-state index in [1.165, 1.54) is 0 Å². The van der Waals surface area contributed by atoms with Gasteiger partial charge in [0.2, 0.25) is 5.91 Å². The molecule has 2 aromatic rings. The van der Waals surface area contributed by atoms with E-state index in [2.05, 4.69) is 15.2 Å². The van der Waals surface area contributed by atoms with Crippen LogP contribution in [0.15, 0.2) is 15.4 Å². The van der Waals surface area contributed by atoms with Gasteiger partial charge in [0.05, 0.1) is 24.4 Å². The number of aryl methyl sites for hydroxylation is 3. The van der Waals surface area contributed by atoms with Crippen LogP contribution in [0, 0.1) is 13.8 Å². The normalized spacial score (nSPS) is 17.4. The van der Waals surface area contributed by atoms with Gasteiger partial charge in [0.1, 0.15) is 5.76 Å². The SMILES string of the molecule is Cc1noc(C)c1CC(=O)N1CCN(CCn2nc3c(cc2=O)CSCC3)CC1. The maximum absolute atomic E-state index is 12.6. The van der Waals surface area contributed by atoms with E-state index in [1.807, 2.05) is 30.5 Å². The number of fused-ring (bicyclic) bond motifs is 1. The number of thioether (sulfide) groups is 1. The van der Waals surface area contributed by atoms with Gasteiger partial charge < -0.3 is 9.42 Å². The lowest BCUT2D eigenvalue weighted by atomic mass is 10.1. The van der Waals surface area contributed by atoms with Crippen molar-refractivity contribution >= 4 is 17.7 Å². The minimum atomic E-state index is -0.0143. The third-order valence-corrected chi connectivity index (χ3v) is 6.78. The van der Waals surface area contributed by atoms with Gasteiger partial charge in [-0.3, -0.25) is 14.5 Å². The number of amides is 1. The molecular weight excluding hydrogens is 390 g/mol. The Balaban J connectivity index is 1.28. The van der Waals surface area contributed by atoms with Crippen molar-refractivity contribution < 1.29 is 9.32 Å². The molecule has 2 aliphatic heterocycles. The summed E-state index contributed by atoms with van der Waals surface area (Å²) in [7, 11) is 0. The van der Waals surface area contributed by atoms with Crippen molar-refractivity contribution in [2.24, 2.45) is 0 Å². The van der Waals surface area contributed by atoms with E-state index in [9.17, 15) is 9.59 Å². The van der Waals surface area contributed by atoms with Gasteiger partial charge in [0, 0.05) is 56.5 Å². The van der Waals surface area contributed by atoms with Gasteiger partial charge in [-0.1, -0.05) is 5.16 Å². The molecule has 29 heavy (non-hydrogen) atoms. The van der Waals surface area contributed by atoms with E-state index < -0.39 is 0 Å². The number of carbonyl (C=O) groups is 1. The highest BCUT2D eigenvalue weighted by atomic mass is 32.2. The van der Waals surface area contributed by atoms with Crippen LogP contribution in [0.2, 0.25) is 0 Å². The molecule has 0 atom stereocenters. The molecule has 1 amide bonds. The zero-order valence-corrected chi connectivity index (χ0v) is 17.8. The number of rotatable bonds is 5. The van der Waals surface area contributed by atoms with E-state index in [-0.39, 0.29) is 11.5 Å². The Bertz CT molecular complexity index is 927. The molecule has 0 N–H and O–H groups in total. The van der Waals surface area contributed by atoms with Crippen molar-refractivity contribution in [1.29, 1.82) is 0 Å². The highest BCUT2D eigenvalue weighted by molar-refractivity contribution is 7.98. The quantitative estimate of drug-likeness (QED) is 0.718. The van der Waals surface area contributed by atoms with Crippen LogP contribution in [0.25, 0.3) is 0 Å². The summed E-state index contributed by atoms with van der Waals surface area (Å²) in [5, 5.41) is 8.51. The van der Waals surface area contributed by atoms with Crippen LogP contribution in [0.4, 0.5) is 0 Å². The molecule has 2 aliphatic rings. The third kappa shape index (κ3) is 4.56. The van der Waals surface area contributed by atoms with Crippen LogP contribution in [-0.2, 0) is 29.9 Å². The fourth-order valence-electron chi connectivity index (χ4n) is 3.89. The topological polar surface area (TPSA) is 84.5 Å². The molecule has 0 spiro atoms. The second-order valence-corrected chi connectivity index (χ2v) is 8.79. The smallest absolute Gasteiger partial charge is 0.267 e. The fourth-order valence-corrected chi connectivity index (χ4v) is 4.84. The van der Waals surface area contributed by atoms with Gasteiger partial charge in [0.25, 0.3) is 5.56 Å². The van der Waals surface area contributed by atoms with Crippen molar-refractivity contribution in [1.82, 2.24) is 24.7 Å². The summed E-state index contributed by atoms with van der Waals surface area (Å²) in [6, 6.07) is 1.75. The Morgan fingerprint density at radius 1 is 1.21 bits per heavy atom. The lowest BCUT2D eigenvalue weighted by molar-refractivity contribution is -0.132. The zero-order chi connectivity index (χ0) is 20.4. The highest BCUT2D eigenvalue weighted by Crippen LogP contribution is 2.21. The van der Waals surface area contributed by atoms with Crippen LogP contribution in [0.1, 0.15) is 28.3 Å². The number of carbonyl (C=O) groups excluding carboxylic acids is 1. The van der Waals surface area contributed by atoms with Gasteiger partial charge >= 0.3 is 0 Å². The first-order chi connectivity index (χ1) is 14.0. The molecule has 1 fully saturated rings. The van der Waals surface area contributed by atoms with Crippen LogP contribution >= 0.6 is 11.8 Å². The maximum Gasteiger partial charge on any atom is 0.267 e. The van der Waals surface area contributed by atoms with Crippen molar-refractivity contribution in [2.75, 3.05) is 38.5 Å². The lowest BCUT2D eigenvalue weighted by Crippen LogP contribution is -2.50. The molecule has 2 aromatic heterocycles. The molecule has 8 nitrogen and oxygen atoms in total. The monoisotopic (exact) mass is 417 g/mol. The minimum absolute atomic E-state index is 0.0143. The van der Waals surface area contributed by atoms with Crippen LogP contribution in [0.3, 0.4) is 0 Å². The predicted octanol–water partition coefficient (Wildman–Crippen LogP) is 1.02. The lowest BCUT2D eigenvalue weighted by Gasteiger charge is -2.34. The highest BCUT2D eigenvalue weighted by Gasteiger charge is 2.23. The fraction of sp³-hybridized carbons (Fsp3) is 0.600. The second-order valence-electron chi connectivity index (χ2n) is 7.68. The number of hydrogen-bond donors (Lipinski definition) is 0. The molecule has 0 bridgehead atoms. The molecule has 0 aromatic carbocycles. The summed E-state index contributed by atoms with van der Waals surface area (Å²) in [5.41, 5.74) is 3.83. The Kier molecular flexibility index (Phi) is 6.05. The van der Waals surface area contributed by atoms with Gasteiger partial charge in [-0.2, -0.15) is 16.9 Å². The molecule has 0 radical (unpaired) electrons. The van der Waals surface area contributed by atoms with E-state index >= 15 is 0 Å². The van der Waals surface area contributed by atoms with E-state index in [1.54, 1.807) is 10.7 Å². The van der Waals surface area contributed by atoms with Crippen molar-refractivity contribution in [3.05, 3.63) is 44.7 Å². The molecular formula is C20H27N5O3S. The van der Waals surface area contributed by atoms with Crippen molar-refractivity contribution in [3.8, 4) is 0 Å². The average molecular weight is 418 g/mol. The van der Waals surface area contributed by atoms with Crippen LogP contribution in [0.5, 0.6) is 0 Å². The molecule has 0 unspecified atom stereocenters. The first-order valence-corrected chi connectivity index (χ1v) is 11.3. The van der Waals surface area contributed by atoms with E-state index in [4.69, 9.17) is 4.52 Å². The Labute approximate surface area is 174 Å². The zero-order valence-electron chi connectivity index (χ0n) is 17.0. The minimum Gasteiger partial charge on any atom is -0.361 e. The first kappa shape index (κ1) is 20.2. The summed E-state index contributed by atoms with van der Waals surface area (Å²) < 4.78 is 6.76. The molecule has 1 saturated heterocycles. The van der Waals surface area contributed by atoms with Gasteiger partial charge in [-0.05, 0) is 25.2 Å². The molecule has 0 saturated carbocycles. The second kappa shape index (κ2) is 8.71. The number of hydrogen-bond acceptors (Lipinski definition) is 7. The standard InChI is InChI=1S/C20H27N5O3S/c1-14-17(15(2)28-22-14)12-19(26)24-7-4-23(5-8-24)6-9-25-20(27)11-16-13-29-10-3-18(16)21-25/h11H,3-10,12-13H2,1-2H3. The Morgan fingerprint density at radius 2 is 2.00 bits per heavy atom. The molecule has 0 aliphatic carbocycles. The van der Waals surface area contributed by atoms with Gasteiger partial charge in [-0.15, -0.1) is 0 Å². The van der Waals surface area contributed by atoms with E-state index in [0.717, 1.165) is 65.8 Å². The summed E-state index contributed by atoms with van der Waals surface area (Å²) in [5.74, 6) is 2.80. The summed E-state index contributed by atoms with van der Waals surface area (Å²) in [6.07, 6.45) is 1.28. The van der Waals surface area contributed by atoms with Crippen molar-refractivity contribution in [2.45, 2.75) is 39.0 Å². The number of aromatic nitrogens is 3. The number of piperazine rings is 1. The Hall–Kier alpha value is -2.13. The Morgan fingerprint density at radius 3 is 2.72 bits per heavy atom. The molecule has 156 valence electrons. The predicted molar refractivity (Wildman–Crippen MR) is 111 cm³/mol. The first-order valence-electron chi connectivity index (χ1n) is 10.1. The third-order valence-electron chi connectivity index (χ3n) is 5.77. The van der Waals surface area contributed by atoms with Crippen molar-refractivity contribution in [3.63, 3.8) is 0 Å². The summed E-state index contributed by atoms with van der Waals surface area (Å²) in [4.78, 5) is 29.1. The van der Waals surface area contributed by atoms with Crippen LogP contribution < -0.4 is 5.56 Å². The summed E-state index contributed by atoms with van der Waals surface area (Å²) in [6.45, 7) is 8.09. The van der Waals surface area contributed by atoms with E-state index in [0.29, 0.717) is 26.1 Å². The maximum atomic E-state index is 12.6. The largest absolute Gasteiger partial charge is 0.361 e. The average Bonchev–Trinajstić information content (AvgIpc) is 3.04. The molecule has 9 heteroatoms. The van der Waals surface area contributed by atoms with Gasteiger partial charge in [0.15, 0.2) is 0 Å². The van der Waals surface area contributed by atoms with Crippen LogP contribution in [-0.4, -0.2) is 69.1 Å². The summed E-state index contributed by atoms with van der Waals surface area (Å²) >= 11 is 1.86. The molecule has 4 rings (SSSR count). The number of nitrogens with zero attached hydrogens (tertiary/aromatic N) is 5.